The summed E-state index contributed by atoms with van der Waals surface area (Å²) in [5.74, 6) is 2.63. The summed E-state index contributed by atoms with van der Waals surface area (Å²) < 4.78 is 5.10. The highest BCUT2D eigenvalue weighted by molar-refractivity contribution is 7.99. The molecule has 2 nitrogen and oxygen atoms in total. The van der Waals surface area contributed by atoms with Gasteiger partial charge in [0, 0.05) is 5.75 Å². The molecule has 1 rings (SSSR count). The summed E-state index contributed by atoms with van der Waals surface area (Å²) in [7, 11) is 0. The average Bonchev–Trinajstić information content (AvgIpc) is 2.59. The van der Waals surface area contributed by atoms with E-state index in [0.717, 1.165) is 23.1 Å². The summed E-state index contributed by atoms with van der Waals surface area (Å²) in [5, 5.41) is 0.759. The number of hydrogen-bond acceptors (Lipinski definition) is 4. The molecule has 0 radical (unpaired) electrons. The Bertz CT molecular complexity index is 197. The van der Waals surface area contributed by atoms with Crippen LogP contribution in [0.2, 0.25) is 0 Å². The lowest BCUT2D eigenvalue weighted by atomic mass is 10.2. The molecule has 0 amide bonds. The molecule has 0 aromatic carbocycles. The van der Waals surface area contributed by atoms with Gasteiger partial charge in [0.1, 0.15) is 6.26 Å². The van der Waals surface area contributed by atoms with Crippen LogP contribution in [0.3, 0.4) is 0 Å². The summed E-state index contributed by atoms with van der Waals surface area (Å²) in [4.78, 5) is 4.03. The number of rotatable bonds is 5. The summed E-state index contributed by atoms with van der Waals surface area (Å²) in [6, 6.07) is 0. The fourth-order valence-corrected chi connectivity index (χ4v) is 2.32. The monoisotopic (exact) mass is 203 g/mol. The molecule has 0 fully saturated rings. The van der Waals surface area contributed by atoms with Crippen molar-refractivity contribution < 1.29 is 4.42 Å². The molecule has 12 heavy (non-hydrogen) atoms. The van der Waals surface area contributed by atoms with Gasteiger partial charge >= 0.3 is 0 Å². The van der Waals surface area contributed by atoms with Gasteiger partial charge in [0.25, 0.3) is 5.22 Å². The van der Waals surface area contributed by atoms with E-state index < -0.39 is 0 Å². The number of oxazole rings is 1. The smallest absolute Gasteiger partial charge is 0.255 e. The Kier molecular flexibility index (Phi) is 4.61. The number of aromatic nitrogens is 1. The highest BCUT2D eigenvalue weighted by atomic mass is 32.2. The molecular weight excluding hydrogens is 190 g/mol. The molecule has 0 aliphatic carbocycles. The SMILES string of the molecule is CCC(CS)CSc1ncco1. The van der Waals surface area contributed by atoms with Crippen molar-refractivity contribution in [3.63, 3.8) is 0 Å². The lowest BCUT2D eigenvalue weighted by Crippen LogP contribution is -2.03. The predicted octanol–water partition coefficient (Wildman–Crippen LogP) is 2.72. The van der Waals surface area contributed by atoms with Crippen LogP contribution >= 0.6 is 24.4 Å². The fourth-order valence-electron chi connectivity index (χ4n) is 0.770. The second kappa shape index (κ2) is 5.54. The van der Waals surface area contributed by atoms with Gasteiger partial charge in [0.05, 0.1) is 6.20 Å². The first-order valence-electron chi connectivity index (χ1n) is 4.00. The van der Waals surface area contributed by atoms with Crippen molar-refractivity contribution in [3.8, 4) is 0 Å². The topological polar surface area (TPSA) is 26.0 Å². The van der Waals surface area contributed by atoms with Crippen LogP contribution in [0.15, 0.2) is 22.1 Å². The highest BCUT2D eigenvalue weighted by Crippen LogP contribution is 2.20. The third-order valence-corrected chi connectivity index (χ3v) is 3.29. The van der Waals surface area contributed by atoms with Gasteiger partial charge in [-0.3, -0.25) is 0 Å². The maximum atomic E-state index is 5.10. The van der Waals surface area contributed by atoms with Crippen molar-refractivity contribution in [1.29, 1.82) is 0 Å². The minimum Gasteiger partial charge on any atom is -0.440 e. The van der Waals surface area contributed by atoms with Crippen LogP contribution in [-0.2, 0) is 0 Å². The Labute approximate surface area is 82.5 Å². The first-order chi connectivity index (χ1) is 5.86. The minimum absolute atomic E-state index is 0.658. The summed E-state index contributed by atoms with van der Waals surface area (Å²) >= 11 is 5.92. The van der Waals surface area contributed by atoms with E-state index in [1.165, 1.54) is 0 Å². The van der Waals surface area contributed by atoms with Gasteiger partial charge < -0.3 is 4.42 Å². The lowest BCUT2D eigenvalue weighted by molar-refractivity contribution is 0.453. The Morgan fingerprint density at radius 2 is 2.58 bits per heavy atom. The molecule has 0 aliphatic heterocycles. The molecule has 0 bridgehead atoms. The van der Waals surface area contributed by atoms with Crippen LogP contribution in [0.1, 0.15) is 13.3 Å². The van der Waals surface area contributed by atoms with Crippen LogP contribution < -0.4 is 0 Å². The van der Waals surface area contributed by atoms with Gasteiger partial charge in [0.2, 0.25) is 0 Å². The van der Waals surface area contributed by atoms with Gasteiger partial charge in [-0.15, -0.1) is 0 Å². The summed E-state index contributed by atoms with van der Waals surface area (Å²) in [6.07, 6.45) is 4.44. The molecule has 0 saturated heterocycles. The van der Waals surface area contributed by atoms with Crippen molar-refractivity contribution in [2.75, 3.05) is 11.5 Å². The van der Waals surface area contributed by atoms with Crippen LogP contribution in [-0.4, -0.2) is 16.5 Å². The third-order valence-electron chi connectivity index (χ3n) is 1.69. The van der Waals surface area contributed by atoms with Crippen molar-refractivity contribution in [1.82, 2.24) is 4.98 Å². The van der Waals surface area contributed by atoms with E-state index in [0.29, 0.717) is 5.92 Å². The number of nitrogens with zero attached hydrogens (tertiary/aromatic N) is 1. The number of hydrogen-bond donors (Lipinski definition) is 1. The zero-order valence-electron chi connectivity index (χ0n) is 7.06. The van der Waals surface area contributed by atoms with Crippen molar-refractivity contribution >= 4 is 24.4 Å². The van der Waals surface area contributed by atoms with Gasteiger partial charge in [-0.2, -0.15) is 12.6 Å². The van der Waals surface area contributed by atoms with E-state index in [9.17, 15) is 0 Å². The molecule has 1 heterocycles. The molecule has 0 N–H and O–H groups in total. The molecule has 1 aromatic rings. The summed E-state index contributed by atoms with van der Waals surface area (Å²) in [6.45, 7) is 2.18. The third kappa shape index (κ3) is 3.11. The van der Waals surface area contributed by atoms with E-state index in [1.54, 1.807) is 24.2 Å². The molecular formula is C8H13NOS2. The molecule has 68 valence electrons. The number of thioether (sulfide) groups is 1. The molecule has 1 unspecified atom stereocenters. The van der Waals surface area contributed by atoms with E-state index >= 15 is 0 Å². The largest absolute Gasteiger partial charge is 0.440 e. The molecule has 1 aromatic heterocycles. The zero-order chi connectivity index (χ0) is 8.81. The van der Waals surface area contributed by atoms with Crippen LogP contribution in [0.4, 0.5) is 0 Å². The van der Waals surface area contributed by atoms with Crippen molar-refractivity contribution in [3.05, 3.63) is 12.5 Å². The minimum atomic E-state index is 0.658. The standard InChI is InChI=1S/C8H13NOS2/c1-2-7(5-11)6-12-8-9-3-4-10-8/h3-4,7,11H,2,5-6H2,1H3. The normalized spacial score (nSPS) is 13.2. The van der Waals surface area contributed by atoms with Crippen molar-refractivity contribution in [2.45, 2.75) is 18.6 Å². The molecule has 0 saturated carbocycles. The molecule has 0 spiro atoms. The highest BCUT2D eigenvalue weighted by Gasteiger charge is 2.06. The van der Waals surface area contributed by atoms with E-state index in [4.69, 9.17) is 4.42 Å². The molecule has 4 heteroatoms. The van der Waals surface area contributed by atoms with Crippen molar-refractivity contribution in [2.24, 2.45) is 5.92 Å². The van der Waals surface area contributed by atoms with Crippen LogP contribution in [0, 0.1) is 5.92 Å². The molecule has 0 aliphatic rings. The average molecular weight is 203 g/mol. The Morgan fingerprint density at radius 1 is 1.75 bits per heavy atom. The van der Waals surface area contributed by atoms with Gasteiger partial charge in [0.15, 0.2) is 0 Å². The summed E-state index contributed by atoms with van der Waals surface area (Å²) in [5.41, 5.74) is 0. The van der Waals surface area contributed by atoms with E-state index in [1.807, 2.05) is 0 Å². The van der Waals surface area contributed by atoms with E-state index in [2.05, 4.69) is 24.5 Å². The second-order valence-corrected chi connectivity index (χ2v) is 3.90. The molecule has 1 atom stereocenters. The lowest BCUT2D eigenvalue weighted by Gasteiger charge is -2.08. The van der Waals surface area contributed by atoms with Gasteiger partial charge in [-0.25, -0.2) is 4.98 Å². The number of thiol groups is 1. The van der Waals surface area contributed by atoms with Crippen LogP contribution in [0.25, 0.3) is 0 Å². The Hall–Kier alpha value is -0.0900. The first kappa shape index (κ1) is 9.99. The van der Waals surface area contributed by atoms with Gasteiger partial charge in [-0.1, -0.05) is 25.1 Å². The maximum Gasteiger partial charge on any atom is 0.255 e. The Balaban J connectivity index is 2.25. The predicted molar refractivity (Wildman–Crippen MR) is 54.9 cm³/mol. The Morgan fingerprint density at radius 3 is 3.08 bits per heavy atom. The maximum absolute atomic E-state index is 5.10. The van der Waals surface area contributed by atoms with Crippen LogP contribution in [0.5, 0.6) is 0 Å². The first-order valence-corrected chi connectivity index (χ1v) is 5.61. The van der Waals surface area contributed by atoms with E-state index in [-0.39, 0.29) is 0 Å². The quantitative estimate of drug-likeness (QED) is 0.588. The second-order valence-electron chi connectivity index (χ2n) is 2.57. The zero-order valence-corrected chi connectivity index (χ0v) is 8.78. The van der Waals surface area contributed by atoms with Gasteiger partial charge in [-0.05, 0) is 11.7 Å². The fraction of sp³-hybridized carbons (Fsp3) is 0.625.